The van der Waals surface area contributed by atoms with Crippen LogP contribution in [-0.4, -0.2) is 4.98 Å². The molecule has 0 amide bonds. The van der Waals surface area contributed by atoms with Crippen LogP contribution in [-0.2, 0) is 0 Å². The third-order valence-electron chi connectivity index (χ3n) is 1.72. The minimum absolute atomic E-state index is 0.628. The Morgan fingerprint density at radius 2 is 2.21 bits per heavy atom. The molecule has 2 rings (SSSR count). The standard InChI is InChI=1S/C10H7N3S/c11-7-8-3-1-2-4-9(8)13-10-12-5-6-14-10/h1-6H,(H,12,13). The fourth-order valence-corrected chi connectivity index (χ4v) is 1.63. The third kappa shape index (κ3) is 1.73. The number of nitrogens with zero attached hydrogens (tertiary/aromatic N) is 2. The van der Waals surface area contributed by atoms with Crippen molar-refractivity contribution in [2.45, 2.75) is 0 Å². The number of anilines is 2. The Bertz CT molecular complexity index is 456. The summed E-state index contributed by atoms with van der Waals surface area (Å²) in [5, 5.41) is 14.6. The highest BCUT2D eigenvalue weighted by atomic mass is 32.1. The average molecular weight is 201 g/mol. The SMILES string of the molecule is N#Cc1ccccc1Nc1nccs1. The lowest BCUT2D eigenvalue weighted by Gasteiger charge is -2.03. The minimum atomic E-state index is 0.628. The maximum Gasteiger partial charge on any atom is 0.187 e. The Balaban J connectivity index is 2.30. The summed E-state index contributed by atoms with van der Waals surface area (Å²) < 4.78 is 0. The highest BCUT2D eigenvalue weighted by molar-refractivity contribution is 7.13. The summed E-state index contributed by atoms with van der Waals surface area (Å²) in [5.41, 5.74) is 1.42. The van der Waals surface area contributed by atoms with Crippen molar-refractivity contribution >= 4 is 22.2 Å². The molecule has 0 fully saturated rings. The molecule has 0 atom stereocenters. The number of hydrogen-bond acceptors (Lipinski definition) is 4. The number of thiazole rings is 1. The van der Waals surface area contributed by atoms with Crippen molar-refractivity contribution in [1.82, 2.24) is 4.98 Å². The first-order chi connectivity index (χ1) is 6.90. The van der Waals surface area contributed by atoms with Gasteiger partial charge < -0.3 is 5.32 Å². The molecular formula is C10H7N3S. The molecule has 0 bridgehead atoms. The number of rotatable bonds is 2. The Hall–Kier alpha value is -1.86. The Kier molecular flexibility index (Phi) is 2.43. The van der Waals surface area contributed by atoms with Gasteiger partial charge >= 0.3 is 0 Å². The summed E-state index contributed by atoms with van der Waals surface area (Å²) in [7, 11) is 0. The van der Waals surface area contributed by atoms with Gasteiger partial charge in [-0.2, -0.15) is 5.26 Å². The number of nitrogens with one attached hydrogen (secondary N) is 1. The molecule has 3 nitrogen and oxygen atoms in total. The van der Waals surface area contributed by atoms with E-state index in [0.717, 1.165) is 10.8 Å². The largest absolute Gasteiger partial charge is 0.330 e. The summed E-state index contributed by atoms with van der Waals surface area (Å²) in [6, 6.07) is 9.48. The van der Waals surface area contributed by atoms with Crippen LogP contribution >= 0.6 is 11.3 Å². The molecule has 0 saturated carbocycles. The van der Waals surface area contributed by atoms with Crippen LogP contribution in [0.4, 0.5) is 10.8 Å². The van der Waals surface area contributed by atoms with Crippen molar-refractivity contribution < 1.29 is 0 Å². The van der Waals surface area contributed by atoms with E-state index in [1.165, 1.54) is 11.3 Å². The zero-order chi connectivity index (χ0) is 9.80. The predicted octanol–water partition coefficient (Wildman–Crippen LogP) is 2.76. The monoisotopic (exact) mass is 201 g/mol. The molecule has 68 valence electrons. The topological polar surface area (TPSA) is 48.7 Å². The molecule has 0 aliphatic heterocycles. The van der Waals surface area contributed by atoms with E-state index in [9.17, 15) is 0 Å². The molecule has 2 aromatic rings. The molecule has 4 heteroatoms. The molecule has 0 saturated heterocycles. The molecule has 0 unspecified atom stereocenters. The second kappa shape index (κ2) is 3.90. The lowest BCUT2D eigenvalue weighted by atomic mass is 10.2. The minimum Gasteiger partial charge on any atom is -0.330 e. The molecule has 1 aromatic heterocycles. The van der Waals surface area contributed by atoms with Gasteiger partial charge in [-0.3, -0.25) is 0 Å². The Morgan fingerprint density at radius 3 is 2.93 bits per heavy atom. The van der Waals surface area contributed by atoms with Gasteiger partial charge in [0.2, 0.25) is 0 Å². The summed E-state index contributed by atoms with van der Waals surface area (Å²) in [4.78, 5) is 4.08. The first-order valence-corrected chi connectivity index (χ1v) is 4.94. The normalized spacial score (nSPS) is 9.36. The van der Waals surface area contributed by atoms with Gasteiger partial charge in [0, 0.05) is 11.6 Å². The van der Waals surface area contributed by atoms with Gasteiger partial charge in [-0.05, 0) is 12.1 Å². The van der Waals surface area contributed by atoms with Crippen molar-refractivity contribution in [2.24, 2.45) is 0 Å². The van der Waals surface area contributed by atoms with Crippen LogP contribution in [0.1, 0.15) is 5.56 Å². The van der Waals surface area contributed by atoms with E-state index < -0.39 is 0 Å². The highest BCUT2D eigenvalue weighted by Gasteiger charge is 2.01. The molecule has 1 N–H and O–H groups in total. The zero-order valence-electron chi connectivity index (χ0n) is 7.27. The zero-order valence-corrected chi connectivity index (χ0v) is 8.08. The molecular weight excluding hydrogens is 194 g/mol. The molecule has 0 spiro atoms. The van der Waals surface area contributed by atoms with Gasteiger partial charge in [0.15, 0.2) is 5.13 Å². The van der Waals surface area contributed by atoms with E-state index >= 15 is 0 Å². The third-order valence-corrected chi connectivity index (χ3v) is 2.41. The molecule has 1 aromatic carbocycles. The summed E-state index contributed by atoms with van der Waals surface area (Å²) in [5.74, 6) is 0. The molecule has 1 heterocycles. The van der Waals surface area contributed by atoms with Crippen LogP contribution < -0.4 is 5.32 Å². The van der Waals surface area contributed by atoms with E-state index in [1.807, 2.05) is 23.6 Å². The van der Waals surface area contributed by atoms with Crippen LogP contribution in [0.15, 0.2) is 35.8 Å². The lowest BCUT2D eigenvalue weighted by molar-refractivity contribution is 1.38. The first-order valence-electron chi connectivity index (χ1n) is 4.06. The van der Waals surface area contributed by atoms with E-state index in [-0.39, 0.29) is 0 Å². The van der Waals surface area contributed by atoms with Crippen LogP contribution in [0.25, 0.3) is 0 Å². The first kappa shape index (κ1) is 8.73. The summed E-state index contributed by atoms with van der Waals surface area (Å²) in [6.07, 6.45) is 1.72. The number of para-hydroxylation sites is 1. The second-order valence-corrected chi connectivity index (χ2v) is 3.51. The Morgan fingerprint density at radius 1 is 1.36 bits per heavy atom. The molecule has 0 aliphatic rings. The maximum atomic E-state index is 8.84. The molecule has 0 aliphatic carbocycles. The van der Waals surface area contributed by atoms with Crippen LogP contribution in [0.3, 0.4) is 0 Å². The van der Waals surface area contributed by atoms with Crippen molar-refractivity contribution in [3.05, 3.63) is 41.4 Å². The van der Waals surface area contributed by atoms with Crippen molar-refractivity contribution in [1.29, 1.82) is 5.26 Å². The number of nitriles is 1. The van der Waals surface area contributed by atoms with E-state index in [4.69, 9.17) is 5.26 Å². The van der Waals surface area contributed by atoms with Gasteiger partial charge in [0.25, 0.3) is 0 Å². The number of aromatic nitrogens is 1. The van der Waals surface area contributed by atoms with Gasteiger partial charge in [-0.25, -0.2) is 4.98 Å². The van der Waals surface area contributed by atoms with E-state index in [2.05, 4.69) is 16.4 Å². The summed E-state index contributed by atoms with van der Waals surface area (Å²) in [6.45, 7) is 0. The quantitative estimate of drug-likeness (QED) is 0.812. The second-order valence-electron chi connectivity index (χ2n) is 2.62. The van der Waals surface area contributed by atoms with Crippen LogP contribution in [0.5, 0.6) is 0 Å². The number of benzene rings is 1. The summed E-state index contributed by atoms with van der Waals surface area (Å²) >= 11 is 1.51. The van der Waals surface area contributed by atoms with Gasteiger partial charge in [0.1, 0.15) is 6.07 Å². The maximum absolute atomic E-state index is 8.84. The van der Waals surface area contributed by atoms with Gasteiger partial charge in [0.05, 0.1) is 11.3 Å². The average Bonchev–Trinajstić information content (AvgIpc) is 2.71. The van der Waals surface area contributed by atoms with E-state index in [1.54, 1.807) is 12.3 Å². The van der Waals surface area contributed by atoms with Crippen molar-refractivity contribution in [3.8, 4) is 6.07 Å². The smallest absolute Gasteiger partial charge is 0.187 e. The fraction of sp³-hybridized carbons (Fsp3) is 0. The highest BCUT2D eigenvalue weighted by Crippen LogP contribution is 2.21. The van der Waals surface area contributed by atoms with Crippen LogP contribution in [0.2, 0.25) is 0 Å². The van der Waals surface area contributed by atoms with E-state index in [0.29, 0.717) is 5.56 Å². The predicted molar refractivity (Wildman–Crippen MR) is 56.6 cm³/mol. The number of hydrogen-bond donors (Lipinski definition) is 1. The van der Waals surface area contributed by atoms with Crippen molar-refractivity contribution in [3.63, 3.8) is 0 Å². The van der Waals surface area contributed by atoms with Crippen LogP contribution in [0, 0.1) is 11.3 Å². The Labute approximate surface area is 85.7 Å². The fourth-order valence-electron chi connectivity index (χ4n) is 1.09. The van der Waals surface area contributed by atoms with Gasteiger partial charge in [-0.15, -0.1) is 11.3 Å². The molecule has 14 heavy (non-hydrogen) atoms. The lowest BCUT2D eigenvalue weighted by Crippen LogP contribution is -1.91. The molecule has 0 radical (unpaired) electrons. The van der Waals surface area contributed by atoms with Crippen molar-refractivity contribution in [2.75, 3.05) is 5.32 Å². The van der Waals surface area contributed by atoms with Gasteiger partial charge in [-0.1, -0.05) is 12.1 Å².